The summed E-state index contributed by atoms with van der Waals surface area (Å²) in [6.07, 6.45) is 0. The fraction of sp³-hybridized carbons (Fsp3) is 0.389. The number of benzene rings is 1. The van der Waals surface area contributed by atoms with E-state index in [1.807, 2.05) is 31.2 Å². The van der Waals surface area contributed by atoms with E-state index in [1.54, 1.807) is 29.5 Å². The molecule has 1 aromatic heterocycles. The van der Waals surface area contributed by atoms with Gasteiger partial charge in [-0.2, -0.15) is 0 Å². The van der Waals surface area contributed by atoms with Crippen LogP contribution in [0.2, 0.25) is 10.0 Å². The van der Waals surface area contributed by atoms with E-state index < -0.39 is 0 Å². The molecule has 0 spiro atoms. The first kappa shape index (κ1) is 24.9. The predicted octanol–water partition coefficient (Wildman–Crippen LogP) is 4.20. The maximum absolute atomic E-state index is 12.2. The van der Waals surface area contributed by atoms with Crippen molar-refractivity contribution in [1.82, 2.24) is 20.5 Å². The molecule has 0 aliphatic rings. The summed E-state index contributed by atoms with van der Waals surface area (Å²) in [6.45, 7) is 6.31. The van der Waals surface area contributed by atoms with Crippen molar-refractivity contribution in [1.29, 1.82) is 0 Å². The van der Waals surface area contributed by atoms with Gasteiger partial charge >= 0.3 is 0 Å². The molecule has 0 unspecified atom stereocenters. The Bertz CT molecular complexity index is 815. The van der Waals surface area contributed by atoms with Gasteiger partial charge in [0.1, 0.15) is 0 Å². The lowest BCUT2D eigenvalue weighted by Gasteiger charge is -2.21. The highest BCUT2D eigenvalue weighted by atomic mass is 127. The Balaban J connectivity index is 0.00000392. The fourth-order valence-corrected chi connectivity index (χ4v) is 3.24. The molecule has 0 radical (unpaired) electrons. The van der Waals surface area contributed by atoms with Gasteiger partial charge in [-0.25, -0.2) is 4.98 Å². The number of hydrogen-bond donors (Lipinski definition) is 2. The van der Waals surface area contributed by atoms with Crippen LogP contribution in [0.5, 0.6) is 0 Å². The molecule has 2 N–H and O–H groups in total. The first-order valence-corrected chi connectivity index (χ1v) is 10.2. The van der Waals surface area contributed by atoms with Crippen molar-refractivity contribution < 1.29 is 4.79 Å². The van der Waals surface area contributed by atoms with Gasteiger partial charge in [-0.05, 0) is 32.0 Å². The molecule has 1 amide bonds. The quantitative estimate of drug-likeness (QED) is 0.232. The lowest BCUT2D eigenvalue weighted by atomic mass is 10.2. The number of hydrogen-bond acceptors (Lipinski definition) is 4. The minimum atomic E-state index is -0.208. The number of rotatable bonds is 7. The van der Waals surface area contributed by atoms with Crippen molar-refractivity contribution in [3.8, 4) is 0 Å². The number of amides is 1. The third kappa shape index (κ3) is 7.73. The van der Waals surface area contributed by atoms with Crippen LogP contribution in [0.25, 0.3) is 0 Å². The predicted molar refractivity (Wildman–Crippen MR) is 129 cm³/mol. The maximum Gasteiger partial charge on any atom is 0.251 e. The Morgan fingerprint density at radius 1 is 1.29 bits per heavy atom. The number of carbonyl (C=O) groups is 1. The first-order valence-electron chi connectivity index (χ1n) is 8.54. The molecular weight excluding hydrogens is 532 g/mol. The van der Waals surface area contributed by atoms with Crippen LogP contribution in [0, 0.1) is 6.92 Å². The van der Waals surface area contributed by atoms with Gasteiger partial charge in [0.05, 0.1) is 33.8 Å². The average molecular weight is 556 g/mol. The number of aromatic nitrogens is 1. The number of nitrogens with one attached hydrogen (secondary N) is 2. The number of nitrogens with zero attached hydrogens (tertiary/aromatic N) is 3. The summed E-state index contributed by atoms with van der Waals surface area (Å²) in [7, 11) is 1.96. The van der Waals surface area contributed by atoms with Crippen LogP contribution in [0.4, 0.5) is 0 Å². The second-order valence-corrected chi connectivity index (χ2v) is 7.71. The molecule has 1 aromatic carbocycles. The lowest BCUT2D eigenvalue weighted by Crippen LogP contribution is -2.39. The van der Waals surface area contributed by atoms with E-state index in [9.17, 15) is 4.79 Å². The zero-order valence-corrected chi connectivity index (χ0v) is 20.6. The van der Waals surface area contributed by atoms with Crippen molar-refractivity contribution >= 4 is 70.4 Å². The average Bonchev–Trinajstić information content (AvgIpc) is 3.04. The van der Waals surface area contributed by atoms with Crippen LogP contribution in [-0.4, -0.2) is 48.4 Å². The molecule has 10 heteroatoms. The van der Waals surface area contributed by atoms with Gasteiger partial charge in [0.2, 0.25) is 0 Å². The first-order chi connectivity index (χ1) is 12.9. The van der Waals surface area contributed by atoms with E-state index in [-0.39, 0.29) is 29.9 Å². The molecule has 0 saturated carbocycles. The normalized spacial score (nSPS) is 11.0. The van der Waals surface area contributed by atoms with Crippen molar-refractivity contribution in [2.45, 2.75) is 20.4 Å². The zero-order valence-electron chi connectivity index (χ0n) is 16.0. The third-order valence-electron chi connectivity index (χ3n) is 3.60. The molecule has 2 aromatic rings. The number of carbonyl (C=O) groups excluding carboxylic acids is 1. The molecule has 28 heavy (non-hydrogen) atoms. The molecule has 154 valence electrons. The number of thiazole rings is 1. The summed E-state index contributed by atoms with van der Waals surface area (Å²) in [5, 5.41) is 9.95. The molecule has 0 aliphatic carbocycles. The van der Waals surface area contributed by atoms with Gasteiger partial charge in [-0.1, -0.05) is 23.2 Å². The Morgan fingerprint density at radius 2 is 2.04 bits per heavy atom. The highest BCUT2D eigenvalue weighted by molar-refractivity contribution is 14.0. The van der Waals surface area contributed by atoms with Crippen LogP contribution in [0.1, 0.15) is 28.0 Å². The second-order valence-electron chi connectivity index (χ2n) is 5.83. The van der Waals surface area contributed by atoms with E-state index >= 15 is 0 Å². The molecule has 0 aliphatic heterocycles. The number of aliphatic imine (C=N–C) groups is 1. The molecule has 0 bridgehead atoms. The van der Waals surface area contributed by atoms with E-state index in [2.05, 4.69) is 20.6 Å². The molecule has 1 heterocycles. The Labute approximate surface area is 196 Å². The largest absolute Gasteiger partial charge is 0.357 e. The molecule has 2 rings (SSSR count). The maximum atomic E-state index is 12.2. The smallest absolute Gasteiger partial charge is 0.251 e. The van der Waals surface area contributed by atoms with Gasteiger partial charge in [-0.15, -0.1) is 35.3 Å². The summed E-state index contributed by atoms with van der Waals surface area (Å²) < 4.78 is 0. The van der Waals surface area contributed by atoms with Gasteiger partial charge in [-0.3, -0.25) is 9.79 Å². The molecule has 0 saturated heterocycles. The van der Waals surface area contributed by atoms with Crippen molar-refractivity contribution in [2.24, 2.45) is 4.99 Å². The Hall–Kier alpha value is -1.10. The van der Waals surface area contributed by atoms with E-state index in [0.717, 1.165) is 23.2 Å². The van der Waals surface area contributed by atoms with Crippen molar-refractivity contribution in [3.05, 3.63) is 49.9 Å². The lowest BCUT2D eigenvalue weighted by molar-refractivity contribution is 0.0955. The van der Waals surface area contributed by atoms with Gasteiger partial charge < -0.3 is 15.5 Å². The van der Waals surface area contributed by atoms with E-state index in [1.165, 1.54) is 0 Å². The van der Waals surface area contributed by atoms with Crippen LogP contribution in [0.3, 0.4) is 0 Å². The van der Waals surface area contributed by atoms with E-state index in [0.29, 0.717) is 35.2 Å². The molecule has 6 nitrogen and oxygen atoms in total. The summed E-state index contributed by atoms with van der Waals surface area (Å²) in [5.74, 6) is 0.562. The fourth-order valence-electron chi connectivity index (χ4n) is 2.34. The topological polar surface area (TPSA) is 69.6 Å². The van der Waals surface area contributed by atoms with E-state index in [4.69, 9.17) is 23.2 Å². The SMILES string of the molecule is CCNC(=NCCNC(=O)c1ccc(Cl)c(Cl)c1)N(C)Cc1csc(C)n1.I. The summed E-state index contributed by atoms with van der Waals surface area (Å²) in [6, 6.07) is 4.80. The van der Waals surface area contributed by atoms with Gasteiger partial charge in [0.25, 0.3) is 5.91 Å². The van der Waals surface area contributed by atoms with Gasteiger partial charge in [0, 0.05) is 31.1 Å². The van der Waals surface area contributed by atoms with Crippen LogP contribution < -0.4 is 10.6 Å². The highest BCUT2D eigenvalue weighted by Gasteiger charge is 2.10. The van der Waals surface area contributed by atoms with Gasteiger partial charge in [0.15, 0.2) is 5.96 Å². The van der Waals surface area contributed by atoms with Crippen LogP contribution in [-0.2, 0) is 6.54 Å². The summed E-state index contributed by atoms with van der Waals surface area (Å²) in [4.78, 5) is 23.2. The van der Waals surface area contributed by atoms with Crippen molar-refractivity contribution in [3.63, 3.8) is 0 Å². The van der Waals surface area contributed by atoms with Crippen LogP contribution in [0.15, 0.2) is 28.6 Å². The zero-order chi connectivity index (χ0) is 19.8. The molecule has 0 fully saturated rings. The highest BCUT2D eigenvalue weighted by Crippen LogP contribution is 2.22. The minimum absolute atomic E-state index is 0. The Kier molecular flexibility index (Phi) is 11.1. The second kappa shape index (κ2) is 12.5. The summed E-state index contributed by atoms with van der Waals surface area (Å²) in [5.41, 5.74) is 1.48. The summed E-state index contributed by atoms with van der Waals surface area (Å²) >= 11 is 13.4. The molecule has 0 atom stereocenters. The third-order valence-corrected chi connectivity index (χ3v) is 5.16. The Morgan fingerprint density at radius 3 is 2.64 bits per heavy atom. The number of aryl methyl sites for hydroxylation is 1. The van der Waals surface area contributed by atoms with Crippen molar-refractivity contribution in [2.75, 3.05) is 26.7 Å². The standard InChI is InChI=1S/C18H23Cl2N5OS.HI/c1-4-21-18(25(3)10-14-11-27-12(2)24-14)23-8-7-22-17(26)13-5-6-15(19)16(20)9-13;/h5-6,9,11H,4,7-8,10H2,1-3H3,(H,21,23)(H,22,26);1H. The number of guanidine groups is 1. The van der Waals surface area contributed by atoms with Crippen LogP contribution >= 0.6 is 58.5 Å². The molecular formula is C18H24Cl2IN5OS. The number of halogens is 3. The minimum Gasteiger partial charge on any atom is -0.357 e. The monoisotopic (exact) mass is 555 g/mol.